The molecule has 0 aromatic heterocycles. The van der Waals surface area contributed by atoms with Crippen LogP contribution in [0.4, 0.5) is 4.79 Å². The van der Waals surface area contributed by atoms with Crippen LogP contribution in [0.2, 0.25) is 0 Å². The molecule has 5 heteroatoms. The summed E-state index contributed by atoms with van der Waals surface area (Å²) in [4.78, 5) is 25.4. The van der Waals surface area contributed by atoms with Crippen LogP contribution in [0.1, 0.15) is 69.7 Å². The minimum absolute atomic E-state index is 0.159. The molecule has 1 aromatic carbocycles. The van der Waals surface area contributed by atoms with E-state index in [4.69, 9.17) is 9.47 Å². The van der Waals surface area contributed by atoms with Gasteiger partial charge in [-0.15, -0.1) is 0 Å². The van der Waals surface area contributed by atoms with E-state index in [9.17, 15) is 9.59 Å². The molecule has 0 saturated heterocycles. The van der Waals surface area contributed by atoms with Crippen LogP contribution in [-0.2, 0) is 4.74 Å². The molecule has 0 radical (unpaired) electrons. The highest BCUT2D eigenvalue weighted by atomic mass is 16.7. The fraction of sp³-hybridized carbons (Fsp3) is 0.520. The van der Waals surface area contributed by atoms with Gasteiger partial charge in [0.05, 0.1) is 5.56 Å². The van der Waals surface area contributed by atoms with E-state index >= 15 is 0 Å². The van der Waals surface area contributed by atoms with Gasteiger partial charge in [-0.1, -0.05) is 57.9 Å². The Morgan fingerprint density at radius 1 is 1.13 bits per heavy atom. The summed E-state index contributed by atoms with van der Waals surface area (Å²) in [5.41, 5.74) is 1.07. The van der Waals surface area contributed by atoms with E-state index in [-0.39, 0.29) is 17.8 Å². The van der Waals surface area contributed by atoms with Crippen molar-refractivity contribution in [3.8, 4) is 5.75 Å². The monoisotopic (exact) mass is 411 g/mol. The van der Waals surface area contributed by atoms with Crippen molar-refractivity contribution in [2.45, 2.75) is 65.4 Å². The lowest BCUT2D eigenvalue weighted by molar-refractivity contribution is 0.0103. The third-order valence-electron chi connectivity index (χ3n) is 6.03. The number of rotatable bonds is 5. The number of hydrogen-bond donors (Lipinski definition) is 1. The van der Waals surface area contributed by atoms with E-state index in [1.807, 2.05) is 18.2 Å². The molecule has 30 heavy (non-hydrogen) atoms. The molecule has 3 unspecified atom stereocenters. The van der Waals surface area contributed by atoms with Gasteiger partial charge in [-0.25, -0.2) is 4.79 Å². The largest absolute Gasteiger partial charge is 0.514 e. The van der Waals surface area contributed by atoms with Gasteiger partial charge < -0.3 is 14.8 Å². The van der Waals surface area contributed by atoms with Crippen LogP contribution >= 0.6 is 0 Å². The Morgan fingerprint density at radius 2 is 1.93 bits per heavy atom. The topological polar surface area (TPSA) is 64.6 Å². The van der Waals surface area contributed by atoms with Gasteiger partial charge in [0.15, 0.2) is 0 Å². The first kappa shape index (κ1) is 22.1. The van der Waals surface area contributed by atoms with E-state index in [0.29, 0.717) is 23.3 Å². The molecule has 1 aromatic rings. The van der Waals surface area contributed by atoms with Crippen molar-refractivity contribution >= 4 is 12.1 Å². The summed E-state index contributed by atoms with van der Waals surface area (Å²) in [6.07, 6.45) is 11.1. The fourth-order valence-corrected chi connectivity index (χ4v) is 4.36. The molecule has 2 aliphatic rings. The molecule has 0 bridgehead atoms. The van der Waals surface area contributed by atoms with Gasteiger partial charge >= 0.3 is 6.16 Å². The third kappa shape index (κ3) is 5.97. The lowest BCUT2D eigenvalue weighted by Gasteiger charge is -2.28. The van der Waals surface area contributed by atoms with Gasteiger partial charge in [0.2, 0.25) is 0 Å². The SMILES string of the molecule is CC1CCCC(C(C)C)C(OC(=O)Oc2ccccc2C(=O)NC2=CCCC=C2)C1. The average molecular weight is 412 g/mol. The summed E-state index contributed by atoms with van der Waals surface area (Å²) in [6, 6.07) is 6.76. The number of carbonyl (C=O) groups is 2. The van der Waals surface area contributed by atoms with Crippen molar-refractivity contribution in [2.75, 3.05) is 0 Å². The number of hydrogen-bond acceptors (Lipinski definition) is 4. The highest BCUT2D eigenvalue weighted by Gasteiger charge is 2.32. The smallest absolute Gasteiger partial charge is 0.430 e. The van der Waals surface area contributed by atoms with Gasteiger partial charge in [-0.05, 0) is 61.6 Å². The zero-order valence-electron chi connectivity index (χ0n) is 18.2. The predicted molar refractivity (Wildman–Crippen MR) is 117 cm³/mol. The Morgan fingerprint density at radius 3 is 2.67 bits per heavy atom. The molecule has 1 saturated carbocycles. The van der Waals surface area contributed by atoms with Crippen LogP contribution < -0.4 is 10.1 Å². The van der Waals surface area contributed by atoms with E-state index < -0.39 is 6.16 Å². The minimum atomic E-state index is -0.739. The maximum atomic E-state index is 12.7. The van der Waals surface area contributed by atoms with Crippen LogP contribution in [0.3, 0.4) is 0 Å². The van der Waals surface area contributed by atoms with E-state index in [2.05, 4.69) is 26.1 Å². The molecule has 1 fully saturated rings. The first-order valence-corrected chi connectivity index (χ1v) is 11.1. The number of ether oxygens (including phenoxy) is 2. The van der Waals surface area contributed by atoms with Gasteiger partial charge in [-0.2, -0.15) is 0 Å². The standard InChI is InChI=1S/C25H33NO4/c1-17(2)20-14-9-10-18(3)16-23(20)30-25(28)29-22-15-8-7-13-21(22)24(27)26-19-11-5-4-6-12-19/h5,7-8,11-13,15,17-18,20,23H,4,6,9-10,14,16H2,1-3H3,(H,26,27). The quantitative estimate of drug-likeness (QED) is 0.366. The number of nitrogens with one attached hydrogen (secondary N) is 1. The van der Waals surface area contributed by atoms with Crippen molar-refractivity contribution in [3.05, 3.63) is 53.8 Å². The normalized spacial score (nSPS) is 24.0. The zero-order chi connectivity index (χ0) is 21.5. The molecular weight excluding hydrogens is 378 g/mol. The first-order valence-electron chi connectivity index (χ1n) is 11.1. The van der Waals surface area contributed by atoms with Gasteiger partial charge in [0.1, 0.15) is 11.9 Å². The Bertz CT molecular complexity index is 811. The molecule has 1 amide bonds. The summed E-state index contributed by atoms with van der Waals surface area (Å²) >= 11 is 0. The van der Waals surface area contributed by atoms with Crippen LogP contribution in [0.15, 0.2) is 48.2 Å². The molecular formula is C25H33NO4. The van der Waals surface area contributed by atoms with Crippen molar-refractivity contribution in [3.63, 3.8) is 0 Å². The van der Waals surface area contributed by atoms with Crippen molar-refractivity contribution in [1.82, 2.24) is 5.32 Å². The van der Waals surface area contributed by atoms with E-state index in [0.717, 1.165) is 44.2 Å². The predicted octanol–water partition coefficient (Wildman–Crippen LogP) is 6.02. The Balaban J connectivity index is 1.68. The molecule has 1 N–H and O–H groups in total. The van der Waals surface area contributed by atoms with Gasteiger partial charge in [-0.3, -0.25) is 4.79 Å². The van der Waals surface area contributed by atoms with Crippen LogP contribution in [0.5, 0.6) is 5.75 Å². The fourth-order valence-electron chi connectivity index (χ4n) is 4.36. The second-order valence-corrected chi connectivity index (χ2v) is 8.78. The minimum Gasteiger partial charge on any atom is -0.430 e. The molecule has 162 valence electrons. The molecule has 3 atom stereocenters. The maximum Gasteiger partial charge on any atom is 0.514 e. The molecule has 0 spiro atoms. The summed E-state index contributed by atoms with van der Waals surface area (Å²) in [5, 5.41) is 2.87. The van der Waals surface area contributed by atoms with Crippen LogP contribution in [-0.4, -0.2) is 18.2 Å². The summed E-state index contributed by atoms with van der Waals surface area (Å²) in [5.74, 6) is 1.18. The Hall–Kier alpha value is -2.56. The van der Waals surface area contributed by atoms with Crippen molar-refractivity contribution in [2.24, 2.45) is 17.8 Å². The second-order valence-electron chi connectivity index (χ2n) is 8.78. The third-order valence-corrected chi connectivity index (χ3v) is 6.03. The number of benzene rings is 1. The summed E-state index contributed by atoms with van der Waals surface area (Å²) in [6.45, 7) is 6.56. The van der Waals surface area contributed by atoms with Crippen molar-refractivity contribution < 1.29 is 19.1 Å². The van der Waals surface area contributed by atoms with Crippen LogP contribution in [0, 0.1) is 17.8 Å². The molecule has 0 aliphatic heterocycles. The average Bonchev–Trinajstić information content (AvgIpc) is 2.90. The molecule has 0 heterocycles. The molecule has 2 aliphatic carbocycles. The van der Waals surface area contributed by atoms with Gasteiger partial charge in [0, 0.05) is 5.70 Å². The van der Waals surface area contributed by atoms with Crippen LogP contribution in [0.25, 0.3) is 0 Å². The number of para-hydroxylation sites is 1. The van der Waals surface area contributed by atoms with Crippen molar-refractivity contribution in [1.29, 1.82) is 0 Å². The second kappa shape index (κ2) is 10.5. The lowest BCUT2D eigenvalue weighted by Crippen LogP contribution is -2.32. The number of amides is 1. The summed E-state index contributed by atoms with van der Waals surface area (Å²) in [7, 11) is 0. The highest BCUT2D eigenvalue weighted by molar-refractivity contribution is 5.98. The summed E-state index contributed by atoms with van der Waals surface area (Å²) < 4.78 is 11.3. The Labute approximate surface area is 179 Å². The highest BCUT2D eigenvalue weighted by Crippen LogP contribution is 2.34. The molecule has 3 rings (SSSR count). The van der Waals surface area contributed by atoms with E-state index in [1.165, 1.54) is 0 Å². The van der Waals surface area contributed by atoms with E-state index in [1.54, 1.807) is 24.3 Å². The zero-order valence-corrected chi connectivity index (χ0v) is 18.2. The Kier molecular flexibility index (Phi) is 7.72. The first-order chi connectivity index (χ1) is 14.4. The maximum absolute atomic E-state index is 12.7. The number of allylic oxidation sites excluding steroid dienone is 3. The lowest BCUT2D eigenvalue weighted by atomic mass is 9.86. The number of carbonyl (C=O) groups excluding carboxylic acids is 2. The molecule has 5 nitrogen and oxygen atoms in total. The van der Waals surface area contributed by atoms with Gasteiger partial charge in [0.25, 0.3) is 5.91 Å².